The van der Waals surface area contributed by atoms with Crippen LogP contribution in [0.4, 0.5) is 0 Å². The summed E-state index contributed by atoms with van der Waals surface area (Å²) in [4.78, 5) is 0. The third kappa shape index (κ3) is 4.05. The second-order valence-corrected chi connectivity index (χ2v) is 9.58. The van der Waals surface area contributed by atoms with E-state index >= 15 is 0 Å². The first-order chi connectivity index (χ1) is 17.7. The minimum absolute atomic E-state index is 0.724. The molecule has 2 aromatic heterocycles. The number of rotatable bonds is 1. The molecule has 1 aliphatic rings. The molecule has 5 aromatic rings. The summed E-state index contributed by atoms with van der Waals surface area (Å²) in [6.07, 6.45) is 5.38. The Bertz CT molecular complexity index is 1590. The summed E-state index contributed by atoms with van der Waals surface area (Å²) >= 11 is 0. The van der Waals surface area contributed by atoms with Crippen molar-refractivity contribution in [2.75, 3.05) is 0 Å². The second-order valence-electron chi connectivity index (χ2n) is 9.58. The van der Waals surface area contributed by atoms with Crippen LogP contribution in [0.3, 0.4) is 0 Å². The van der Waals surface area contributed by atoms with E-state index in [-0.39, 0.29) is 0 Å². The van der Waals surface area contributed by atoms with E-state index in [9.17, 15) is 0 Å². The van der Waals surface area contributed by atoms with E-state index in [2.05, 4.69) is 138 Å². The summed E-state index contributed by atoms with van der Waals surface area (Å²) in [5, 5.41) is 0. The SMILES string of the molecule is C=C1C[n+]2ccc(-c3ccccc3C)cc2-c2ccccc2CC[n+]2ccccc2-c2ccccc21. The molecular formula is C34H30N2+2. The zero-order valence-corrected chi connectivity index (χ0v) is 20.7. The van der Waals surface area contributed by atoms with Crippen LogP contribution in [0, 0.1) is 6.92 Å². The van der Waals surface area contributed by atoms with Crippen LogP contribution >= 0.6 is 0 Å². The van der Waals surface area contributed by atoms with Gasteiger partial charge in [-0.25, -0.2) is 0 Å². The first-order valence-electron chi connectivity index (χ1n) is 12.6. The molecule has 174 valence electrons. The van der Waals surface area contributed by atoms with Gasteiger partial charge in [0.25, 0.3) is 0 Å². The highest BCUT2D eigenvalue weighted by atomic mass is 15.0. The molecule has 0 saturated heterocycles. The van der Waals surface area contributed by atoms with Crippen molar-refractivity contribution in [2.24, 2.45) is 0 Å². The molecule has 36 heavy (non-hydrogen) atoms. The Hall–Kier alpha value is -4.30. The molecule has 0 aliphatic carbocycles. The van der Waals surface area contributed by atoms with Gasteiger partial charge in [-0.3, -0.25) is 0 Å². The maximum Gasteiger partial charge on any atom is 0.213 e. The maximum absolute atomic E-state index is 4.58. The van der Waals surface area contributed by atoms with Crippen LogP contribution in [0.1, 0.15) is 16.7 Å². The molecule has 0 atom stereocenters. The van der Waals surface area contributed by atoms with Crippen molar-refractivity contribution < 1.29 is 9.13 Å². The largest absolute Gasteiger partial charge is 0.213 e. The molecule has 0 radical (unpaired) electrons. The predicted molar refractivity (Wildman–Crippen MR) is 147 cm³/mol. The number of hydrogen-bond acceptors (Lipinski definition) is 0. The zero-order chi connectivity index (χ0) is 24.5. The number of hydrogen-bond donors (Lipinski definition) is 0. The average Bonchev–Trinajstić information content (AvgIpc) is 2.92. The Labute approximate surface area is 213 Å². The normalized spacial score (nSPS) is 12.9. The molecule has 0 saturated carbocycles. The lowest BCUT2D eigenvalue weighted by atomic mass is 9.94. The van der Waals surface area contributed by atoms with Crippen molar-refractivity contribution in [3.8, 4) is 33.6 Å². The van der Waals surface area contributed by atoms with E-state index in [0.717, 1.165) is 25.1 Å². The van der Waals surface area contributed by atoms with Crippen molar-refractivity contribution in [1.29, 1.82) is 0 Å². The highest BCUT2D eigenvalue weighted by Crippen LogP contribution is 2.31. The lowest BCUT2D eigenvalue weighted by Crippen LogP contribution is -2.39. The minimum atomic E-state index is 0.724. The number of allylic oxidation sites excluding steroid dienone is 1. The first-order valence-corrected chi connectivity index (χ1v) is 12.6. The van der Waals surface area contributed by atoms with Crippen LogP contribution in [0.2, 0.25) is 0 Å². The van der Waals surface area contributed by atoms with E-state index in [1.54, 1.807) is 0 Å². The molecular weight excluding hydrogens is 436 g/mol. The van der Waals surface area contributed by atoms with Gasteiger partial charge < -0.3 is 0 Å². The fourth-order valence-corrected chi connectivity index (χ4v) is 5.41. The van der Waals surface area contributed by atoms with E-state index < -0.39 is 0 Å². The summed E-state index contributed by atoms with van der Waals surface area (Å²) in [5.74, 6) is 0. The highest BCUT2D eigenvalue weighted by molar-refractivity contribution is 5.78. The quantitative estimate of drug-likeness (QED) is 0.239. The summed E-state index contributed by atoms with van der Waals surface area (Å²) in [5.41, 5.74) is 12.4. The lowest BCUT2D eigenvalue weighted by Gasteiger charge is -2.15. The molecule has 3 heterocycles. The van der Waals surface area contributed by atoms with E-state index in [1.165, 1.54) is 50.3 Å². The Morgan fingerprint density at radius 1 is 0.611 bits per heavy atom. The molecule has 0 unspecified atom stereocenters. The lowest BCUT2D eigenvalue weighted by molar-refractivity contribution is -0.685. The molecule has 3 aromatic carbocycles. The van der Waals surface area contributed by atoms with Crippen molar-refractivity contribution >= 4 is 5.57 Å². The van der Waals surface area contributed by atoms with Gasteiger partial charge in [-0.05, 0) is 52.9 Å². The Morgan fingerprint density at radius 2 is 1.31 bits per heavy atom. The first kappa shape index (κ1) is 22.2. The van der Waals surface area contributed by atoms with Gasteiger partial charge in [0.05, 0.1) is 5.56 Å². The fraction of sp³-hybridized carbons (Fsp3) is 0.118. The molecule has 0 spiro atoms. The smallest absolute Gasteiger partial charge is 0.198 e. The van der Waals surface area contributed by atoms with Gasteiger partial charge in [0.2, 0.25) is 11.4 Å². The van der Waals surface area contributed by atoms with Crippen LogP contribution in [0.15, 0.2) is 122 Å². The number of nitrogens with zero attached hydrogens (tertiary/aromatic N) is 2. The van der Waals surface area contributed by atoms with Gasteiger partial charge in [0.1, 0.15) is 0 Å². The minimum Gasteiger partial charge on any atom is -0.198 e. The molecule has 0 amide bonds. The van der Waals surface area contributed by atoms with Crippen molar-refractivity contribution in [1.82, 2.24) is 0 Å². The zero-order valence-electron chi connectivity index (χ0n) is 20.7. The summed E-state index contributed by atoms with van der Waals surface area (Å²) in [6, 6.07) is 37.2. The Kier molecular flexibility index (Phi) is 5.79. The number of benzene rings is 3. The van der Waals surface area contributed by atoms with Gasteiger partial charge >= 0.3 is 0 Å². The fourth-order valence-electron chi connectivity index (χ4n) is 5.41. The highest BCUT2D eigenvalue weighted by Gasteiger charge is 2.24. The maximum atomic E-state index is 4.58. The summed E-state index contributed by atoms with van der Waals surface area (Å²) in [6.45, 7) is 8.39. The van der Waals surface area contributed by atoms with Gasteiger partial charge in [-0.2, -0.15) is 9.13 Å². The van der Waals surface area contributed by atoms with Gasteiger partial charge in [-0.1, -0.05) is 67.2 Å². The van der Waals surface area contributed by atoms with Crippen molar-refractivity contribution in [2.45, 2.75) is 26.4 Å². The summed E-state index contributed by atoms with van der Waals surface area (Å²) < 4.78 is 4.74. The third-order valence-electron chi connectivity index (χ3n) is 7.29. The van der Waals surface area contributed by atoms with Crippen molar-refractivity contribution in [3.05, 3.63) is 139 Å². The molecule has 2 nitrogen and oxygen atoms in total. The van der Waals surface area contributed by atoms with Crippen LogP contribution in [-0.2, 0) is 19.5 Å². The number of fused-ring (bicyclic) bond motifs is 6. The van der Waals surface area contributed by atoms with E-state index in [4.69, 9.17) is 0 Å². The van der Waals surface area contributed by atoms with Crippen LogP contribution in [0.25, 0.3) is 39.2 Å². The Balaban J connectivity index is 1.57. The average molecular weight is 467 g/mol. The summed E-state index contributed by atoms with van der Waals surface area (Å²) in [7, 11) is 0. The molecule has 0 bridgehead atoms. The van der Waals surface area contributed by atoms with Crippen LogP contribution in [-0.4, -0.2) is 0 Å². The standard InChI is InChI=1S/C34H30N2/c1-25-11-3-5-13-29(25)28-19-22-36-24-26(2)30-14-7-8-16-32(30)33-17-9-10-20-35(33)21-18-27-12-4-6-15-31(27)34(36)23-28/h3-17,19-20,22-23H,2,18,21,24H2,1H3/q+2. The molecule has 1 aliphatic heterocycles. The van der Waals surface area contributed by atoms with Crippen LogP contribution in [0.5, 0.6) is 0 Å². The van der Waals surface area contributed by atoms with E-state index in [1.807, 2.05) is 0 Å². The molecule has 2 heteroatoms. The molecule has 6 rings (SSSR count). The van der Waals surface area contributed by atoms with Crippen LogP contribution < -0.4 is 9.13 Å². The molecule has 0 fully saturated rings. The predicted octanol–water partition coefficient (Wildman–Crippen LogP) is 6.84. The topological polar surface area (TPSA) is 7.76 Å². The van der Waals surface area contributed by atoms with Gasteiger partial charge in [-0.15, -0.1) is 0 Å². The monoisotopic (exact) mass is 466 g/mol. The Morgan fingerprint density at radius 3 is 2.14 bits per heavy atom. The van der Waals surface area contributed by atoms with Gasteiger partial charge in [0, 0.05) is 41.8 Å². The molecule has 0 N–H and O–H groups in total. The number of pyridine rings is 2. The third-order valence-corrected chi connectivity index (χ3v) is 7.29. The second kappa shape index (κ2) is 9.39. The number of aryl methyl sites for hydroxylation is 3. The number of aromatic nitrogens is 2. The van der Waals surface area contributed by atoms with Crippen molar-refractivity contribution in [3.63, 3.8) is 0 Å². The van der Waals surface area contributed by atoms with Gasteiger partial charge in [0.15, 0.2) is 25.5 Å². The van der Waals surface area contributed by atoms with E-state index in [0.29, 0.717) is 0 Å².